The lowest BCUT2D eigenvalue weighted by Crippen LogP contribution is -2.60. The van der Waals surface area contributed by atoms with Gasteiger partial charge in [-0.1, -0.05) is 72.8 Å². The van der Waals surface area contributed by atoms with Gasteiger partial charge in [0.2, 0.25) is 0 Å². The second-order valence-electron chi connectivity index (χ2n) is 8.91. The zero-order valence-corrected chi connectivity index (χ0v) is 18.4. The van der Waals surface area contributed by atoms with Crippen LogP contribution in [0.2, 0.25) is 0 Å². The van der Waals surface area contributed by atoms with Gasteiger partial charge in [-0.05, 0) is 41.7 Å². The molecule has 160 valence electrons. The third kappa shape index (κ3) is 4.39. The zero-order chi connectivity index (χ0) is 21.0. The summed E-state index contributed by atoms with van der Waals surface area (Å²) in [5.41, 5.74) is 4.26. The molecule has 1 unspecified atom stereocenters. The number of rotatable bonds is 6. The van der Waals surface area contributed by atoms with Gasteiger partial charge in [-0.25, -0.2) is 0 Å². The Kier molecular flexibility index (Phi) is 6.06. The van der Waals surface area contributed by atoms with Crippen molar-refractivity contribution >= 4 is 0 Å². The minimum Gasteiger partial charge on any atom is -0.497 e. The van der Waals surface area contributed by atoms with Gasteiger partial charge in [-0.15, -0.1) is 0 Å². The molecule has 3 nitrogen and oxygen atoms in total. The normalized spacial score (nSPS) is 23.6. The van der Waals surface area contributed by atoms with E-state index in [9.17, 15) is 0 Å². The first-order chi connectivity index (χ1) is 15.3. The maximum absolute atomic E-state index is 5.31. The van der Waals surface area contributed by atoms with Gasteiger partial charge in [0, 0.05) is 44.2 Å². The average Bonchev–Trinajstić information content (AvgIpc) is 2.84. The number of nitrogens with zero attached hydrogens (tertiary/aromatic N) is 2. The largest absolute Gasteiger partial charge is 0.497 e. The van der Waals surface area contributed by atoms with E-state index < -0.39 is 0 Å². The highest BCUT2D eigenvalue weighted by Crippen LogP contribution is 2.38. The van der Waals surface area contributed by atoms with E-state index in [4.69, 9.17) is 4.74 Å². The number of ether oxygens (including phenoxy) is 1. The quantitative estimate of drug-likeness (QED) is 0.555. The van der Waals surface area contributed by atoms with Gasteiger partial charge in [0.1, 0.15) is 5.75 Å². The van der Waals surface area contributed by atoms with Gasteiger partial charge in [0.15, 0.2) is 0 Å². The van der Waals surface area contributed by atoms with Crippen LogP contribution in [0.4, 0.5) is 0 Å². The molecule has 0 saturated carbocycles. The summed E-state index contributed by atoms with van der Waals surface area (Å²) in [6.45, 7) is 4.50. The molecule has 31 heavy (non-hydrogen) atoms. The molecule has 2 fully saturated rings. The summed E-state index contributed by atoms with van der Waals surface area (Å²) in [4.78, 5) is 5.46. The molecule has 0 aliphatic carbocycles. The van der Waals surface area contributed by atoms with Crippen molar-refractivity contribution in [2.45, 2.75) is 37.4 Å². The predicted molar refractivity (Wildman–Crippen MR) is 127 cm³/mol. The van der Waals surface area contributed by atoms with Gasteiger partial charge in [-0.3, -0.25) is 9.80 Å². The minimum absolute atomic E-state index is 0.441. The molecule has 0 aromatic heterocycles. The number of hydrogen-bond donors (Lipinski definition) is 0. The molecule has 3 heteroatoms. The van der Waals surface area contributed by atoms with Gasteiger partial charge in [-0.2, -0.15) is 0 Å². The van der Waals surface area contributed by atoms with Gasteiger partial charge in [0.05, 0.1) is 7.11 Å². The van der Waals surface area contributed by atoms with Gasteiger partial charge in [0.25, 0.3) is 0 Å². The fourth-order valence-corrected chi connectivity index (χ4v) is 5.55. The third-order valence-corrected chi connectivity index (χ3v) is 7.15. The summed E-state index contributed by atoms with van der Waals surface area (Å²) in [6.07, 6.45) is 2.52. The molecule has 0 radical (unpaired) electrons. The van der Waals surface area contributed by atoms with E-state index in [-0.39, 0.29) is 0 Å². The van der Waals surface area contributed by atoms with E-state index in [1.54, 1.807) is 7.11 Å². The highest BCUT2D eigenvalue weighted by Gasteiger charge is 2.39. The molecule has 2 heterocycles. The zero-order valence-electron chi connectivity index (χ0n) is 18.4. The van der Waals surface area contributed by atoms with Gasteiger partial charge >= 0.3 is 0 Å². The average molecular weight is 413 g/mol. The first-order valence-electron chi connectivity index (χ1n) is 11.5. The van der Waals surface area contributed by atoms with Crippen molar-refractivity contribution in [1.82, 2.24) is 9.80 Å². The monoisotopic (exact) mass is 412 g/mol. The Balaban J connectivity index is 1.32. The molecule has 3 atom stereocenters. The second kappa shape index (κ2) is 9.25. The van der Waals surface area contributed by atoms with Crippen LogP contribution in [0.15, 0.2) is 84.9 Å². The van der Waals surface area contributed by atoms with Crippen molar-refractivity contribution in [3.05, 3.63) is 102 Å². The topological polar surface area (TPSA) is 15.7 Å². The summed E-state index contributed by atoms with van der Waals surface area (Å²) in [5, 5.41) is 0. The molecular weight excluding hydrogens is 380 g/mol. The predicted octanol–water partition coefficient (Wildman–Crippen LogP) is 5.18. The Bertz CT molecular complexity index is 918. The van der Waals surface area contributed by atoms with Crippen molar-refractivity contribution in [3.8, 4) is 5.75 Å². The fraction of sp³-hybridized carbons (Fsp3) is 0.357. The maximum Gasteiger partial charge on any atom is 0.118 e. The molecule has 3 aromatic carbocycles. The molecule has 0 N–H and O–H groups in total. The highest BCUT2D eigenvalue weighted by molar-refractivity contribution is 5.35. The highest BCUT2D eigenvalue weighted by atomic mass is 16.5. The Morgan fingerprint density at radius 3 is 2.06 bits per heavy atom. The number of benzene rings is 3. The van der Waals surface area contributed by atoms with Crippen LogP contribution in [0.3, 0.4) is 0 Å². The SMILES string of the molecule is COc1ccc(CN2CCN3C[C@@H]2CC[C@H]3C(c2ccccc2)c2ccccc2)cc1. The molecule has 2 aliphatic rings. The van der Waals surface area contributed by atoms with E-state index in [2.05, 4.69) is 94.7 Å². The van der Waals surface area contributed by atoms with Gasteiger partial charge < -0.3 is 4.74 Å². The molecule has 2 saturated heterocycles. The lowest BCUT2D eigenvalue weighted by molar-refractivity contribution is -0.00356. The Labute approximate surface area is 186 Å². The van der Waals surface area contributed by atoms with Crippen LogP contribution in [-0.2, 0) is 6.54 Å². The van der Waals surface area contributed by atoms with E-state index in [0.717, 1.165) is 25.4 Å². The number of piperazine rings is 1. The van der Waals surface area contributed by atoms with E-state index in [0.29, 0.717) is 18.0 Å². The van der Waals surface area contributed by atoms with Crippen LogP contribution in [0.25, 0.3) is 0 Å². The lowest BCUT2D eigenvalue weighted by atomic mass is 9.79. The maximum atomic E-state index is 5.31. The summed E-state index contributed by atoms with van der Waals surface area (Å²) >= 11 is 0. The standard InChI is InChI=1S/C28H32N2O/c1-31-26-15-12-22(13-16-26)20-29-18-19-30-21-25(29)14-17-27(30)28(23-8-4-2-5-9-23)24-10-6-3-7-11-24/h2-13,15-16,25,27-28H,14,17-21H2,1H3/t25-,27-/m0/s1. The first kappa shape index (κ1) is 20.3. The molecule has 5 rings (SSSR count). The molecule has 0 spiro atoms. The smallest absolute Gasteiger partial charge is 0.118 e. The Morgan fingerprint density at radius 2 is 1.45 bits per heavy atom. The molecule has 2 aliphatic heterocycles. The number of fused-ring (bicyclic) bond motifs is 2. The van der Waals surface area contributed by atoms with Crippen LogP contribution >= 0.6 is 0 Å². The number of methoxy groups -OCH3 is 1. The molecule has 3 aromatic rings. The number of hydrogen-bond acceptors (Lipinski definition) is 3. The van der Waals surface area contributed by atoms with Crippen LogP contribution in [-0.4, -0.2) is 48.6 Å². The molecular formula is C28H32N2O. The van der Waals surface area contributed by atoms with E-state index in [1.807, 2.05) is 0 Å². The molecule has 0 amide bonds. The summed E-state index contributed by atoms with van der Waals surface area (Å²) in [5.74, 6) is 1.37. The van der Waals surface area contributed by atoms with Crippen LogP contribution < -0.4 is 4.74 Å². The Morgan fingerprint density at radius 1 is 0.806 bits per heavy atom. The summed E-state index contributed by atoms with van der Waals surface area (Å²) in [7, 11) is 1.73. The van der Waals surface area contributed by atoms with Crippen LogP contribution in [0, 0.1) is 0 Å². The van der Waals surface area contributed by atoms with E-state index in [1.165, 1.54) is 36.1 Å². The van der Waals surface area contributed by atoms with Crippen molar-refractivity contribution in [2.24, 2.45) is 0 Å². The first-order valence-corrected chi connectivity index (χ1v) is 11.5. The van der Waals surface area contributed by atoms with Crippen LogP contribution in [0.5, 0.6) is 5.75 Å². The van der Waals surface area contributed by atoms with Crippen LogP contribution in [0.1, 0.15) is 35.4 Å². The lowest BCUT2D eigenvalue weighted by Gasteiger charge is -2.51. The minimum atomic E-state index is 0.441. The van der Waals surface area contributed by atoms with Crippen molar-refractivity contribution in [1.29, 1.82) is 0 Å². The van der Waals surface area contributed by atoms with Crippen molar-refractivity contribution in [3.63, 3.8) is 0 Å². The van der Waals surface area contributed by atoms with Crippen molar-refractivity contribution in [2.75, 3.05) is 26.7 Å². The second-order valence-corrected chi connectivity index (χ2v) is 8.91. The number of piperidine rings is 1. The van der Waals surface area contributed by atoms with Crippen molar-refractivity contribution < 1.29 is 4.74 Å². The third-order valence-electron chi connectivity index (χ3n) is 7.15. The Hall–Kier alpha value is -2.62. The summed E-state index contributed by atoms with van der Waals surface area (Å²) < 4.78 is 5.31. The molecule has 2 bridgehead atoms. The van der Waals surface area contributed by atoms with E-state index >= 15 is 0 Å². The summed E-state index contributed by atoms with van der Waals surface area (Å²) in [6, 6.07) is 32.0. The fourth-order valence-electron chi connectivity index (χ4n) is 5.55.